The van der Waals surface area contributed by atoms with Crippen molar-refractivity contribution in [3.05, 3.63) is 59.4 Å². The fourth-order valence-electron chi connectivity index (χ4n) is 3.40. The fourth-order valence-corrected chi connectivity index (χ4v) is 5.28. The Morgan fingerprint density at radius 2 is 1.89 bits per heavy atom. The van der Waals surface area contributed by atoms with Gasteiger partial charge in [-0.25, -0.2) is 9.37 Å². The molecule has 4 nitrogen and oxygen atoms in total. The molecule has 0 bridgehead atoms. The average Bonchev–Trinajstić information content (AvgIpc) is 3.12. The molecule has 2 heterocycles. The van der Waals surface area contributed by atoms with E-state index in [9.17, 15) is 9.18 Å². The van der Waals surface area contributed by atoms with E-state index in [1.54, 1.807) is 35.2 Å². The summed E-state index contributed by atoms with van der Waals surface area (Å²) in [7, 11) is 0. The molecule has 2 aromatic carbocycles. The summed E-state index contributed by atoms with van der Waals surface area (Å²) >= 11 is 3.37. The number of piperazine rings is 1. The number of fused-ring (bicyclic) bond motifs is 1. The van der Waals surface area contributed by atoms with Crippen molar-refractivity contribution in [3.8, 4) is 0 Å². The smallest absolute Gasteiger partial charge is 0.223 e. The highest BCUT2D eigenvalue weighted by Gasteiger charge is 2.24. The molecule has 28 heavy (non-hydrogen) atoms. The molecule has 0 saturated carbocycles. The van der Waals surface area contributed by atoms with Crippen molar-refractivity contribution in [2.45, 2.75) is 17.9 Å². The third-order valence-electron chi connectivity index (χ3n) is 4.96. The lowest BCUT2D eigenvalue weighted by Crippen LogP contribution is -3.13. The maximum atomic E-state index is 12.9. The molecule has 0 radical (unpaired) electrons. The summed E-state index contributed by atoms with van der Waals surface area (Å²) in [6.07, 6.45) is 0.523. The fraction of sp³-hybridized carbons (Fsp3) is 0.333. The summed E-state index contributed by atoms with van der Waals surface area (Å²) < 4.78 is 14.2. The minimum Gasteiger partial charge on any atom is -0.331 e. The Bertz CT molecular complexity index is 903. The van der Waals surface area contributed by atoms with Crippen LogP contribution < -0.4 is 4.90 Å². The molecule has 4 rings (SSSR count). The van der Waals surface area contributed by atoms with Crippen LogP contribution in [-0.4, -0.2) is 47.7 Å². The lowest BCUT2D eigenvalue weighted by Gasteiger charge is -2.31. The molecule has 3 aromatic rings. The first-order valence-electron chi connectivity index (χ1n) is 9.51. The van der Waals surface area contributed by atoms with E-state index in [0.29, 0.717) is 6.42 Å². The largest absolute Gasteiger partial charge is 0.331 e. The zero-order chi connectivity index (χ0) is 19.3. The molecule has 0 spiro atoms. The van der Waals surface area contributed by atoms with Gasteiger partial charge in [0.05, 0.1) is 36.4 Å². The number of para-hydroxylation sites is 1. The lowest BCUT2D eigenvalue weighted by atomic mass is 10.3. The number of benzene rings is 2. The number of hydrogen-bond acceptors (Lipinski definition) is 4. The zero-order valence-corrected chi connectivity index (χ0v) is 17.2. The maximum Gasteiger partial charge on any atom is 0.223 e. The average molecular weight is 417 g/mol. The van der Waals surface area contributed by atoms with E-state index < -0.39 is 0 Å². The first-order chi connectivity index (χ1) is 13.7. The second-order valence-electron chi connectivity index (χ2n) is 6.94. The van der Waals surface area contributed by atoms with Gasteiger partial charge in [-0.15, -0.1) is 23.1 Å². The Labute approximate surface area is 172 Å². The van der Waals surface area contributed by atoms with Gasteiger partial charge in [-0.3, -0.25) is 4.79 Å². The zero-order valence-electron chi connectivity index (χ0n) is 15.6. The number of aromatic nitrogens is 1. The summed E-state index contributed by atoms with van der Waals surface area (Å²) in [6, 6.07) is 14.7. The standard InChI is InChI=1S/C21H22FN3OS2/c22-16-5-7-17(8-6-16)27-14-9-21(26)25-12-10-24(11-13-25)15-20-23-18-3-1-2-4-19(18)28-20/h1-8H,9-15H2/p+1. The third-order valence-corrected chi connectivity index (χ3v) is 7.01. The van der Waals surface area contributed by atoms with Crippen molar-refractivity contribution >= 4 is 39.2 Å². The number of thiazole rings is 1. The van der Waals surface area contributed by atoms with E-state index in [0.717, 1.165) is 48.9 Å². The van der Waals surface area contributed by atoms with Gasteiger partial charge in [-0.05, 0) is 36.4 Å². The van der Waals surface area contributed by atoms with Gasteiger partial charge in [-0.1, -0.05) is 12.1 Å². The van der Waals surface area contributed by atoms with Crippen LogP contribution in [0.3, 0.4) is 0 Å². The summed E-state index contributed by atoms with van der Waals surface area (Å²) in [5.41, 5.74) is 1.08. The van der Waals surface area contributed by atoms with Crippen LogP contribution in [0.5, 0.6) is 0 Å². The first-order valence-corrected chi connectivity index (χ1v) is 11.3. The molecule has 0 aliphatic carbocycles. The third kappa shape index (κ3) is 4.90. The van der Waals surface area contributed by atoms with Gasteiger partial charge in [0.2, 0.25) is 5.91 Å². The molecule has 1 aliphatic heterocycles. The number of nitrogens with one attached hydrogen (secondary N) is 1. The maximum absolute atomic E-state index is 12.9. The molecule has 7 heteroatoms. The molecule has 0 unspecified atom stereocenters. The number of quaternary nitrogens is 1. The number of amides is 1. The van der Waals surface area contributed by atoms with Gasteiger partial charge in [0.15, 0.2) is 0 Å². The lowest BCUT2D eigenvalue weighted by molar-refractivity contribution is -0.917. The summed E-state index contributed by atoms with van der Waals surface area (Å²) in [4.78, 5) is 21.7. The van der Waals surface area contributed by atoms with E-state index in [-0.39, 0.29) is 11.7 Å². The van der Waals surface area contributed by atoms with E-state index in [1.807, 2.05) is 11.0 Å². The van der Waals surface area contributed by atoms with Crippen molar-refractivity contribution in [3.63, 3.8) is 0 Å². The highest BCUT2D eigenvalue weighted by molar-refractivity contribution is 7.99. The monoisotopic (exact) mass is 416 g/mol. The van der Waals surface area contributed by atoms with Crippen molar-refractivity contribution in [2.75, 3.05) is 31.9 Å². The van der Waals surface area contributed by atoms with Crippen LogP contribution in [0.2, 0.25) is 0 Å². The SMILES string of the molecule is O=C(CCSc1ccc(F)cc1)N1CC[NH+](Cc2nc3ccccc3s2)CC1. The van der Waals surface area contributed by atoms with Crippen molar-refractivity contribution in [2.24, 2.45) is 0 Å². The van der Waals surface area contributed by atoms with Gasteiger partial charge in [-0.2, -0.15) is 0 Å². The normalized spacial score (nSPS) is 15.2. The minimum atomic E-state index is -0.230. The van der Waals surface area contributed by atoms with Gasteiger partial charge in [0, 0.05) is 17.1 Å². The van der Waals surface area contributed by atoms with Crippen LogP contribution in [0.4, 0.5) is 4.39 Å². The summed E-state index contributed by atoms with van der Waals surface area (Å²) in [6.45, 7) is 4.47. The Morgan fingerprint density at radius 1 is 1.14 bits per heavy atom. The van der Waals surface area contributed by atoms with Gasteiger partial charge >= 0.3 is 0 Å². The number of carbonyl (C=O) groups is 1. The van der Waals surface area contributed by atoms with Crippen molar-refractivity contribution < 1.29 is 14.1 Å². The molecule has 1 saturated heterocycles. The molecule has 1 aliphatic rings. The topological polar surface area (TPSA) is 37.6 Å². The molecule has 0 atom stereocenters. The van der Waals surface area contributed by atoms with Crippen LogP contribution in [0.15, 0.2) is 53.4 Å². The Morgan fingerprint density at radius 3 is 2.64 bits per heavy atom. The summed E-state index contributed by atoms with van der Waals surface area (Å²) in [5, 5.41) is 1.17. The van der Waals surface area contributed by atoms with Crippen LogP contribution in [0.1, 0.15) is 11.4 Å². The van der Waals surface area contributed by atoms with Crippen molar-refractivity contribution in [1.82, 2.24) is 9.88 Å². The Hall–Kier alpha value is -1.96. The first kappa shape index (κ1) is 19.4. The predicted molar refractivity (Wildman–Crippen MR) is 112 cm³/mol. The number of halogens is 1. The van der Waals surface area contributed by atoms with Crippen LogP contribution in [-0.2, 0) is 11.3 Å². The molecule has 1 aromatic heterocycles. The van der Waals surface area contributed by atoms with E-state index in [4.69, 9.17) is 4.98 Å². The second kappa shape index (κ2) is 9.03. The molecular formula is C21H23FN3OS2+. The quantitative estimate of drug-likeness (QED) is 0.628. The minimum absolute atomic E-state index is 0.216. The number of nitrogens with zero attached hydrogens (tertiary/aromatic N) is 2. The molecule has 146 valence electrons. The van der Waals surface area contributed by atoms with Gasteiger partial charge in [0.1, 0.15) is 17.4 Å². The number of carbonyl (C=O) groups excluding carboxylic acids is 1. The summed E-state index contributed by atoms with van der Waals surface area (Å²) in [5.74, 6) is 0.712. The second-order valence-corrected chi connectivity index (χ2v) is 9.22. The highest BCUT2D eigenvalue weighted by Crippen LogP contribution is 2.21. The number of thioether (sulfide) groups is 1. The number of rotatable bonds is 6. The predicted octanol–water partition coefficient (Wildman–Crippen LogP) is 2.84. The molecule has 1 amide bonds. The highest BCUT2D eigenvalue weighted by atomic mass is 32.2. The van der Waals surface area contributed by atoms with E-state index in [1.165, 1.54) is 26.7 Å². The molecular weight excluding hydrogens is 393 g/mol. The van der Waals surface area contributed by atoms with E-state index in [2.05, 4.69) is 18.2 Å². The van der Waals surface area contributed by atoms with Gasteiger partial charge in [0.25, 0.3) is 0 Å². The Kier molecular flexibility index (Phi) is 6.24. The van der Waals surface area contributed by atoms with Crippen LogP contribution in [0.25, 0.3) is 10.2 Å². The van der Waals surface area contributed by atoms with Crippen LogP contribution >= 0.6 is 23.1 Å². The number of hydrogen-bond donors (Lipinski definition) is 1. The molecule has 1 N–H and O–H groups in total. The van der Waals surface area contributed by atoms with Gasteiger partial charge < -0.3 is 9.80 Å². The van der Waals surface area contributed by atoms with Crippen molar-refractivity contribution in [1.29, 1.82) is 0 Å². The molecule has 1 fully saturated rings. The van der Waals surface area contributed by atoms with Crippen LogP contribution in [0, 0.1) is 5.82 Å². The Balaban J connectivity index is 1.21. The van der Waals surface area contributed by atoms with E-state index >= 15 is 0 Å².